The summed E-state index contributed by atoms with van der Waals surface area (Å²) >= 11 is 0. The van der Waals surface area contributed by atoms with Gasteiger partial charge >= 0.3 is 6.01 Å². The van der Waals surface area contributed by atoms with Crippen LogP contribution in [0.15, 0.2) is 35.1 Å². The Morgan fingerprint density at radius 1 is 1.11 bits per heavy atom. The van der Waals surface area contributed by atoms with E-state index in [1.807, 2.05) is 4.90 Å². The number of ether oxygens (including phenoxy) is 2. The van der Waals surface area contributed by atoms with Crippen LogP contribution in [0.2, 0.25) is 0 Å². The van der Waals surface area contributed by atoms with Crippen molar-refractivity contribution in [3.63, 3.8) is 0 Å². The van der Waals surface area contributed by atoms with Crippen molar-refractivity contribution in [3.05, 3.63) is 47.8 Å². The Balaban J connectivity index is 1.12. The van der Waals surface area contributed by atoms with Crippen LogP contribution >= 0.6 is 0 Å². The Morgan fingerprint density at radius 3 is 2.54 bits per heavy atom. The van der Waals surface area contributed by atoms with Crippen LogP contribution in [-0.4, -0.2) is 66.0 Å². The standard InChI is InChI=1S/C26H34FN7O3/c1-16(2)24-31-26(37-32-24)33-8-6-17(7-9-33)15-36-19-11-29-25(30-12-19)34-13-21(23(28)14-34)20-10-18(35-3)4-5-22(20)27/h4-5,10-12,16-17,21,23H,6-9,13-15,28H2,1-3H3/t21-,23+/m1/s1. The fraction of sp³-hybridized carbons (Fsp3) is 0.538. The maximum absolute atomic E-state index is 14.5. The maximum Gasteiger partial charge on any atom is 0.324 e. The van der Waals surface area contributed by atoms with Crippen LogP contribution in [0.5, 0.6) is 11.5 Å². The molecule has 2 N–H and O–H groups in total. The molecule has 3 aromatic rings. The summed E-state index contributed by atoms with van der Waals surface area (Å²) in [5.41, 5.74) is 6.93. The fourth-order valence-corrected chi connectivity index (χ4v) is 4.90. The minimum Gasteiger partial charge on any atom is -0.497 e. The van der Waals surface area contributed by atoms with Gasteiger partial charge in [-0.2, -0.15) is 4.98 Å². The average molecular weight is 512 g/mol. The van der Waals surface area contributed by atoms with Gasteiger partial charge in [-0.3, -0.25) is 0 Å². The summed E-state index contributed by atoms with van der Waals surface area (Å²) in [6.07, 6.45) is 5.33. The number of nitrogens with zero attached hydrogens (tertiary/aromatic N) is 6. The Bertz CT molecular complexity index is 1180. The molecule has 198 valence electrons. The smallest absolute Gasteiger partial charge is 0.324 e. The molecule has 10 nitrogen and oxygen atoms in total. The molecule has 0 unspecified atom stereocenters. The highest BCUT2D eigenvalue weighted by Crippen LogP contribution is 2.32. The largest absolute Gasteiger partial charge is 0.497 e. The van der Waals surface area contributed by atoms with Gasteiger partial charge in [0.1, 0.15) is 11.6 Å². The van der Waals surface area contributed by atoms with Gasteiger partial charge in [0.25, 0.3) is 0 Å². The highest BCUT2D eigenvalue weighted by molar-refractivity contribution is 5.41. The maximum atomic E-state index is 14.5. The van der Waals surface area contributed by atoms with E-state index in [0.29, 0.717) is 54.6 Å². The summed E-state index contributed by atoms with van der Waals surface area (Å²) < 4.78 is 31.2. The molecule has 0 spiro atoms. The third-order valence-corrected chi connectivity index (χ3v) is 7.18. The Morgan fingerprint density at radius 2 is 1.86 bits per heavy atom. The molecule has 0 aliphatic carbocycles. The zero-order chi connectivity index (χ0) is 25.9. The molecule has 0 bridgehead atoms. The van der Waals surface area contributed by atoms with Crippen molar-refractivity contribution in [3.8, 4) is 11.5 Å². The number of hydrogen-bond acceptors (Lipinski definition) is 10. The molecule has 2 atom stereocenters. The van der Waals surface area contributed by atoms with E-state index in [2.05, 4.69) is 38.9 Å². The Hall–Kier alpha value is -3.47. The Labute approximate surface area is 216 Å². The molecule has 37 heavy (non-hydrogen) atoms. The predicted molar refractivity (Wildman–Crippen MR) is 137 cm³/mol. The molecule has 0 radical (unpaired) electrons. The van der Waals surface area contributed by atoms with Gasteiger partial charge in [-0.05, 0) is 42.5 Å². The zero-order valence-corrected chi connectivity index (χ0v) is 21.5. The minimum absolute atomic E-state index is 0.176. The van der Waals surface area contributed by atoms with Crippen LogP contribution in [0, 0.1) is 11.7 Å². The average Bonchev–Trinajstić information content (AvgIpc) is 3.56. The van der Waals surface area contributed by atoms with Crippen molar-refractivity contribution in [2.75, 3.05) is 49.7 Å². The normalized spacial score (nSPS) is 20.6. The first-order chi connectivity index (χ1) is 17.9. The number of nitrogens with two attached hydrogens (primary N) is 1. The summed E-state index contributed by atoms with van der Waals surface area (Å²) in [4.78, 5) is 17.6. The lowest BCUT2D eigenvalue weighted by Gasteiger charge is -2.30. The lowest BCUT2D eigenvalue weighted by Crippen LogP contribution is -2.35. The lowest BCUT2D eigenvalue weighted by atomic mass is 9.94. The second-order valence-corrected chi connectivity index (χ2v) is 10.1. The molecule has 0 saturated carbocycles. The van der Waals surface area contributed by atoms with Gasteiger partial charge in [0.05, 0.1) is 26.1 Å². The first kappa shape index (κ1) is 25.2. The van der Waals surface area contributed by atoms with E-state index >= 15 is 0 Å². The van der Waals surface area contributed by atoms with Crippen molar-refractivity contribution in [2.45, 2.75) is 44.6 Å². The molecule has 2 aliphatic rings. The highest BCUT2D eigenvalue weighted by Gasteiger charge is 2.34. The second kappa shape index (κ2) is 10.9. The number of aromatic nitrogens is 4. The quantitative estimate of drug-likeness (QED) is 0.483. The van der Waals surface area contributed by atoms with Crippen LogP contribution in [0.4, 0.5) is 16.4 Å². The van der Waals surface area contributed by atoms with Crippen molar-refractivity contribution in [2.24, 2.45) is 11.7 Å². The third-order valence-electron chi connectivity index (χ3n) is 7.18. The number of methoxy groups -OCH3 is 1. The zero-order valence-electron chi connectivity index (χ0n) is 21.5. The van der Waals surface area contributed by atoms with E-state index in [0.717, 1.165) is 31.8 Å². The van der Waals surface area contributed by atoms with E-state index < -0.39 is 0 Å². The van der Waals surface area contributed by atoms with Crippen LogP contribution in [0.25, 0.3) is 0 Å². The van der Waals surface area contributed by atoms with Crippen molar-refractivity contribution in [1.82, 2.24) is 20.1 Å². The molecule has 2 saturated heterocycles. The second-order valence-electron chi connectivity index (χ2n) is 10.1. The number of anilines is 2. The van der Waals surface area contributed by atoms with E-state index in [9.17, 15) is 4.39 Å². The van der Waals surface area contributed by atoms with E-state index in [-0.39, 0.29) is 23.7 Å². The fourth-order valence-electron chi connectivity index (χ4n) is 4.90. The van der Waals surface area contributed by atoms with Gasteiger partial charge in [0, 0.05) is 44.1 Å². The number of benzene rings is 1. The summed E-state index contributed by atoms with van der Waals surface area (Å²) in [5.74, 6) is 2.75. The molecule has 1 aromatic carbocycles. The Kier molecular flexibility index (Phi) is 7.40. The van der Waals surface area contributed by atoms with Gasteiger partial charge in [0.2, 0.25) is 5.95 Å². The molecule has 2 aliphatic heterocycles. The molecule has 5 rings (SSSR count). The minimum atomic E-state index is -0.281. The van der Waals surface area contributed by atoms with Crippen LogP contribution < -0.4 is 25.0 Å². The predicted octanol–water partition coefficient (Wildman–Crippen LogP) is 3.36. The number of halogens is 1. The van der Waals surface area contributed by atoms with Crippen LogP contribution in [0.1, 0.15) is 49.9 Å². The third kappa shape index (κ3) is 5.61. The van der Waals surface area contributed by atoms with Gasteiger partial charge in [0.15, 0.2) is 11.6 Å². The van der Waals surface area contributed by atoms with Crippen molar-refractivity contribution in [1.29, 1.82) is 0 Å². The molecule has 11 heteroatoms. The highest BCUT2D eigenvalue weighted by atomic mass is 19.1. The lowest BCUT2D eigenvalue weighted by molar-refractivity contribution is 0.219. The first-order valence-corrected chi connectivity index (χ1v) is 12.8. The van der Waals surface area contributed by atoms with Crippen LogP contribution in [0.3, 0.4) is 0 Å². The molecule has 2 fully saturated rings. The summed E-state index contributed by atoms with van der Waals surface area (Å²) in [7, 11) is 1.57. The summed E-state index contributed by atoms with van der Waals surface area (Å²) in [6.45, 7) is 7.48. The van der Waals surface area contributed by atoms with E-state index in [1.165, 1.54) is 6.07 Å². The van der Waals surface area contributed by atoms with Gasteiger partial charge in [-0.15, -0.1) is 0 Å². The number of hydrogen-bond donors (Lipinski definition) is 1. The number of rotatable bonds is 8. The van der Waals surface area contributed by atoms with Crippen LogP contribution in [-0.2, 0) is 0 Å². The van der Waals surface area contributed by atoms with E-state index in [1.54, 1.807) is 31.6 Å². The van der Waals surface area contributed by atoms with Crippen molar-refractivity contribution < 1.29 is 18.4 Å². The summed E-state index contributed by atoms with van der Waals surface area (Å²) in [5, 5.41) is 4.06. The van der Waals surface area contributed by atoms with Gasteiger partial charge in [-0.1, -0.05) is 19.0 Å². The SMILES string of the molecule is COc1ccc(F)c([C@H]2CN(c3ncc(OCC4CCN(c5nc(C(C)C)no5)CC4)cn3)C[C@@H]2N)c1. The monoisotopic (exact) mass is 511 g/mol. The molecular weight excluding hydrogens is 477 g/mol. The summed E-state index contributed by atoms with van der Waals surface area (Å²) in [6, 6.07) is 5.11. The molecule has 4 heterocycles. The first-order valence-electron chi connectivity index (χ1n) is 12.8. The van der Waals surface area contributed by atoms with E-state index in [4.69, 9.17) is 19.7 Å². The van der Waals surface area contributed by atoms with Gasteiger partial charge < -0.3 is 29.5 Å². The van der Waals surface area contributed by atoms with Gasteiger partial charge in [-0.25, -0.2) is 14.4 Å². The molecule has 0 amide bonds. The number of piperidine rings is 1. The molecular formula is C26H34FN7O3. The van der Waals surface area contributed by atoms with Crippen molar-refractivity contribution >= 4 is 12.0 Å². The topological polar surface area (TPSA) is 116 Å². The molecule has 2 aromatic heterocycles.